The van der Waals surface area contributed by atoms with Gasteiger partial charge in [0, 0.05) is 5.92 Å². The highest BCUT2D eigenvalue weighted by Gasteiger charge is 2.56. The molecular weight excluding hydrogens is 899 g/mol. The lowest BCUT2D eigenvalue weighted by atomic mass is 9.92. The topological polar surface area (TPSA) is 169 Å². The minimum absolute atomic E-state index is 0.0707. The number of benzene rings is 3. The van der Waals surface area contributed by atoms with Crippen molar-refractivity contribution in [1.82, 2.24) is 16.0 Å². The van der Waals surface area contributed by atoms with Gasteiger partial charge in [-0.25, -0.2) is 9.59 Å². The van der Waals surface area contributed by atoms with Crippen molar-refractivity contribution in [3.05, 3.63) is 89.5 Å². The summed E-state index contributed by atoms with van der Waals surface area (Å²) in [5, 5.41) is 8.04. The molecule has 5 rings (SSSR count). The Morgan fingerprint density at radius 3 is 1.74 bits per heavy atom. The summed E-state index contributed by atoms with van der Waals surface area (Å²) < 4.78 is 44.8. The summed E-state index contributed by atoms with van der Waals surface area (Å²) in [6, 6.07) is 20.7. The maximum absolute atomic E-state index is 14.9. The average Bonchev–Trinajstić information content (AvgIpc) is 3.56. The second kappa shape index (κ2) is 21.6. The van der Waals surface area contributed by atoms with Crippen LogP contribution in [-0.4, -0.2) is 109 Å². The maximum atomic E-state index is 14.9. The van der Waals surface area contributed by atoms with Gasteiger partial charge in [0.25, 0.3) is 5.91 Å². The molecule has 3 aromatic carbocycles. The summed E-state index contributed by atoms with van der Waals surface area (Å²) in [5.74, 6) is -1.33. The van der Waals surface area contributed by atoms with Gasteiger partial charge in [-0.05, 0) is 111 Å². The predicted molar refractivity (Wildman–Crippen MR) is 268 cm³/mol. The molecule has 16 heteroatoms. The number of amides is 3. The number of carbonyl (C=O) groups excluding carboxylic acids is 4. The molecule has 1 saturated heterocycles. The molecule has 14 nitrogen and oxygen atoms in total. The van der Waals surface area contributed by atoms with Crippen molar-refractivity contribution in [3.63, 3.8) is 0 Å². The van der Waals surface area contributed by atoms with Crippen LogP contribution in [0.3, 0.4) is 0 Å². The van der Waals surface area contributed by atoms with Gasteiger partial charge in [0.2, 0.25) is 5.91 Å². The maximum Gasteiger partial charge on any atom is 0.407 e. The molecule has 7 atom stereocenters. The van der Waals surface area contributed by atoms with Crippen LogP contribution in [0, 0.1) is 0 Å². The molecule has 3 aromatic rings. The molecular formula is C52H77N3O11Si2. The summed E-state index contributed by atoms with van der Waals surface area (Å²) in [5.41, 5.74) is 4.47. The van der Waals surface area contributed by atoms with E-state index in [0.29, 0.717) is 5.75 Å². The Kier molecular flexibility index (Phi) is 17.3. The Hall–Kier alpha value is -4.59. The number of hydrogen-bond acceptors (Lipinski definition) is 11. The van der Waals surface area contributed by atoms with Crippen molar-refractivity contribution in [2.75, 3.05) is 20.3 Å². The smallest absolute Gasteiger partial charge is 0.407 e. The van der Waals surface area contributed by atoms with Gasteiger partial charge in [0.05, 0.1) is 32.5 Å². The number of alkyl carbamates (subject to hydrolysis) is 1. The number of methoxy groups -OCH3 is 1. The van der Waals surface area contributed by atoms with E-state index >= 15 is 0 Å². The largest absolute Gasteiger partial charge is 0.497 e. The third kappa shape index (κ3) is 13.4. The van der Waals surface area contributed by atoms with Crippen molar-refractivity contribution in [2.45, 2.75) is 173 Å². The number of nitrogens with one attached hydrogen (secondary N) is 3. The molecule has 3 amide bonds. The molecule has 0 unspecified atom stereocenters. The van der Waals surface area contributed by atoms with Gasteiger partial charge in [-0.1, -0.05) is 102 Å². The van der Waals surface area contributed by atoms with Crippen molar-refractivity contribution in [3.8, 4) is 16.9 Å². The summed E-state index contributed by atoms with van der Waals surface area (Å²) >= 11 is 0. The van der Waals surface area contributed by atoms with Crippen LogP contribution in [0.1, 0.15) is 98.8 Å². The van der Waals surface area contributed by atoms with E-state index in [1.807, 2.05) is 48.5 Å². The highest BCUT2D eigenvalue weighted by atomic mass is 28.4. The van der Waals surface area contributed by atoms with E-state index in [0.717, 1.165) is 27.8 Å². The summed E-state index contributed by atoms with van der Waals surface area (Å²) in [6.07, 6.45) is -5.04. The summed E-state index contributed by atoms with van der Waals surface area (Å²) in [7, 11) is -3.92. The quantitative estimate of drug-likeness (QED) is 0.0872. The Labute approximate surface area is 406 Å². The molecule has 1 aliphatic heterocycles. The Balaban J connectivity index is 1.53. The number of ether oxygens (including phenoxy) is 5. The van der Waals surface area contributed by atoms with Gasteiger partial charge >= 0.3 is 12.1 Å². The van der Waals surface area contributed by atoms with Crippen molar-refractivity contribution in [1.29, 1.82) is 0 Å². The molecule has 3 N–H and O–H groups in total. The van der Waals surface area contributed by atoms with Crippen LogP contribution in [0.25, 0.3) is 11.1 Å². The first-order valence-electron chi connectivity index (χ1n) is 23.7. The standard InChI is InChI=1S/C52H77N3O11Si2/c1-32(46(56)54-33(2)48(58)64-50(3,4)5)53-47(57)45-44(66-68(15,16)52(9,10)11)43(65-67(13,14)51(6,7)8)42(41(63-45)31-61-29-34-25-27-35(60-12)28-26-34)55-49(59)62-30-40-38-23-19-17-21-36(38)37-22-18-20-24-39(37)40/h17-28,32-33,40-45H,29-31H2,1-16H3,(H,53,57)(H,54,56)(H,55,59)/t32-,33-,41+,42+,43-,44+,45+/m0/s1. The van der Waals surface area contributed by atoms with Gasteiger partial charge in [0.1, 0.15) is 42.2 Å². The van der Waals surface area contributed by atoms with E-state index in [-0.39, 0.29) is 35.8 Å². The van der Waals surface area contributed by atoms with Crippen LogP contribution in [0.5, 0.6) is 5.75 Å². The number of hydrogen-bond donors (Lipinski definition) is 3. The van der Waals surface area contributed by atoms with Crippen LogP contribution in [0.4, 0.5) is 4.79 Å². The lowest BCUT2D eigenvalue weighted by Crippen LogP contribution is -2.71. The third-order valence-corrected chi connectivity index (χ3v) is 22.6. The Bertz CT molecular complexity index is 2190. The van der Waals surface area contributed by atoms with E-state index in [1.54, 1.807) is 27.9 Å². The lowest BCUT2D eigenvalue weighted by molar-refractivity contribution is -0.194. The van der Waals surface area contributed by atoms with Gasteiger partial charge < -0.3 is 48.5 Å². The minimum atomic E-state index is -2.77. The van der Waals surface area contributed by atoms with Gasteiger partial charge in [0.15, 0.2) is 22.7 Å². The molecule has 68 heavy (non-hydrogen) atoms. The molecule has 1 aliphatic carbocycles. The molecule has 2 aliphatic rings. The number of fused-ring (bicyclic) bond motifs is 3. The van der Waals surface area contributed by atoms with Gasteiger partial charge in [-0.3, -0.25) is 9.59 Å². The average molecular weight is 976 g/mol. The lowest BCUT2D eigenvalue weighted by Gasteiger charge is -2.52. The molecule has 0 spiro atoms. The first-order chi connectivity index (χ1) is 31.5. The van der Waals surface area contributed by atoms with Crippen molar-refractivity contribution in [2.24, 2.45) is 0 Å². The van der Waals surface area contributed by atoms with E-state index in [2.05, 4.69) is 108 Å². The second-order valence-electron chi connectivity index (χ2n) is 22.1. The number of esters is 1. The van der Waals surface area contributed by atoms with Crippen molar-refractivity contribution >= 4 is 40.5 Å². The van der Waals surface area contributed by atoms with Gasteiger partial charge in [-0.15, -0.1) is 0 Å². The minimum Gasteiger partial charge on any atom is -0.497 e. The zero-order chi connectivity index (χ0) is 50.6. The fourth-order valence-corrected chi connectivity index (χ4v) is 10.3. The first-order valence-corrected chi connectivity index (χ1v) is 29.5. The Morgan fingerprint density at radius 2 is 1.22 bits per heavy atom. The monoisotopic (exact) mass is 976 g/mol. The van der Waals surface area contributed by atoms with Crippen molar-refractivity contribution < 1.29 is 51.7 Å². The molecule has 0 aromatic heterocycles. The van der Waals surface area contributed by atoms with Crippen LogP contribution in [0.15, 0.2) is 72.8 Å². The van der Waals surface area contributed by atoms with Crippen LogP contribution < -0.4 is 20.7 Å². The van der Waals surface area contributed by atoms with E-state index in [9.17, 15) is 19.2 Å². The summed E-state index contributed by atoms with van der Waals surface area (Å²) in [4.78, 5) is 55.7. The van der Waals surface area contributed by atoms with E-state index < -0.39 is 88.7 Å². The van der Waals surface area contributed by atoms with Crippen LogP contribution in [-0.2, 0) is 48.8 Å². The highest BCUT2D eigenvalue weighted by Crippen LogP contribution is 2.46. The summed E-state index contributed by atoms with van der Waals surface area (Å²) in [6.45, 7) is 29.5. The number of rotatable bonds is 17. The molecule has 1 fully saturated rings. The fourth-order valence-electron chi connectivity index (χ4n) is 7.71. The van der Waals surface area contributed by atoms with Gasteiger partial charge in [-0.2, -0.15) is 0 Å². The second-order valence-corrected chi connectivity index (χ2v) is 31.6. The SMILES string of the molecule is COc1ccc(COC[C@H]2O[C@@H](C(=O)N[C@@H](C)C(=O)N[C@@H](C)C(=O)OC(C)(C)C)[C@H](O[Si](C)(C)C(C)(C)C)[C@@H](O[Si](C)(C)C(C)(C)C)[C@@H]2NC(=O)OCC2c3ccccc3-c3ccccc32)cc1. The first kappa shape index (κ1) is 54.4. The molecule has 0 radical (unpaired) electrons. The van der Waals surface area contributed by atoms with E-state index in [4.69, 9.17) is 32.5 Å². The normalized spacial score (nSPS) is 20.9. The fraction of sp³-hybridized carbons (Fsp3) is 0.577. The molecule has 374 valence electrons. The molecule has 0 saturated carbocycles. The third-order valence-electron chi connectivity index (χ3n) is 13.6. The molecule has 1 heterocycles. The predicted octanol–water partition coefficient (Wildman–Crippen LogP) is 9.02. The number of carbonyl (C=O) groups is 4. The van der Waals surface area contributed by atoms with Crippen LogP contribution in [0.2, 0.25) is 36.3 Å². The molecule has 0 bridgehead atoms. The zero-order valence-corrected chi connectivity index (χ0v) is 45.2. The van der Waals surface area contributed by atoms with E-state index in [1.165, 1.54) is 13.8 Å². The van der Waals surface area contributed by atoms with Crippen LogP contribution >= 0.6 is 0 Å². The highest BCUT2D eigenvalue weighted by molar-refractivity contribution is 6.74. The zero-order valence-electron chi connectivity index (χ0n) is 43.2. The Morgan fingerprint density at radius 1 is 0.691 bits per heavy atom.